The molecule has 0 saturated carbocycles. The Bertz CT molecular complexity index is 4580. The van der Waals surface area contributed by atoms with E-state index in [1.165, 1.54) is 66.2 Å². The Labute approximate surface area is 780 Å². The average molecular weight is 1710 g/mol. The molecule has 0 spiro atoms. The summed E-state index contributed by atoms with van der Waals surface area (Å²) in [6.07, 6.45) is 4.69. The van der Waals surface area contributed by atoms with Gasteiger partial charge in [0.2, 0.25) is 23.5 Å². The van der Waals surface area contributed by atoms with Crippen LogP contribution in [0.5, 0.6) is 0 Å². The SMILES string of the molecule is N[C@@H](Cc1ccccc1)C[C@H](O)[C@H](Cc1ccccc1)N(Cc1ccccc1)Cc1ccccc1.[B]C.[B]C.[B]C.[B]C.[B]C(=O)N[C@@H](Cc1ccccc1)C[C@H](O)[C@@H](C)Cc1ccccc1.[B]C(=O)N[C@@H](Cc1ccccc1)C[C@H](O)[C@@H](N)Cc1ccccc1.[B]C(=O)N[C@@H](Cc1ccccc1)C[C@H](O)[C@H](Cc1ccccc1)N(Cc1ccccc1)Cc1ccccc1. The number of aliphatic hydroxyl groups is 4. The lowest BCUT2D eigenvalue weighted by atomic mass is 9.89. The molecule has 12 aromatic carbocycles. The fraction of sp³-hybridized carbons (Fsp3) is 0.306. The molecule has 12 atom stereocenters. The van der Waals surface area contributed by atoms with Crippen LogP contribution in [-0.4, -0.2) is 169 Å². The molecular weight excluding hydrogens is 1580 g/mol. The summed E-state index contributed by atoms with van der Waals surface area (Å²) in [6.45, 7) is 10.9. The summed E-state index contributed by atoms with van der Waals surface area (Å²) in [5.41, 5.74) is 26.7. The topological polar surface area (TPSA) is 227 Å². The zero-order valence-electron chi connectivity index (χ0n) is 76.0. The molecule has 660 valence electrons. The molecule has 0 aliphatic carbocycles. The van der Waals surface area contributed by atoms with Crippen molar-refractivity contribution >= 4 is 72.3 Å². The third-order valence-electron chi connectivity index (χ3n) is 21.7. The van der Waals surface area contributed by atoms with E-state index in [0.717, 1.165) is 60.2 Å². The molecule has 11 N–H and O–H groups in total. The predicted molar refractivity (Wildman–Crippen MR) is 541 cm³/mol. The number of hydrogen-bond acceptors (Lipinski definition) is 11. The molecule has 0 fully saturated rings. The van der Waals surface area contributed by atoms with Crippen LogP contribution in [0.2, 0.25) is 27.3 Å². The number of rotatable bonds is 41. The molecule has 21 heteroatoms. The summed E-state index contributed by atoms with van der Waals surface area (Å²) in [6, 6.07) is 121. The molecule has 14 nitrogen and oxygen atoms in total. The van der Waals surface area contributed by atoms with E-state index in [0.29, 0.717) is 70.9 Å². The van der Waals surface area contributed by atoms with Crippen LogP contribution in [0, 0.1) is 5.92 Å². The zero-order valence-corrected chi connectivity index (χ0v) is 76.0. The second-order valence-electron chi connectivity index (χ2n) is 31.6. The molecule has 14 radical (unpaired) electrons. The highest BCUT2D eigenvalue weighted by Gasteiger charge is 2.32. The first kappa shape index (κ1) is 109. The van der Waals surface area contributed by atoms with Gasteiger partial charge < -0.3 is 47.8 Å². The average Bonchev–Trinajstić information content (AvgIpc) is 0.863. The molecule has 3 amide bonds. The number of nitrogens with two attached hydrogens (primary N) is 2. The van der Waals surface area contributed by atoms with E-state index < -0.39 is 47.9 Å². The third-order valence-corrected chi connectivity index (χ3v) is 21.7. The third kappa shape index (κ3) is 45.3. The summed E-state index contributed by atoms with van der Waals surface area (Å²) in [5.74, 6) is -1.64. The van der Waals surface area contributed by atoms with Crippen molar-refractivity contribution < 1.29 is 34.8 Å². The van der Waals surface area contributed by atoms with E-state index in [-0.39, 0.29) is 42.2 Å². The minimum absolute atomic E-state index is 0.0698. The number of carbonyl (C=O) groups excluding carboxylic acids is 3. The normalized spacial score (nSPS) is 13.3. The van der Waals surface area contributed by atoms with Gasteiger partial charge in [0.05, 0.1) is 55.8 Å². The van der Waals surface area contributed by atoms with E-state index >= 15 is 0 Å². The first-order chi connectivity index (χ1) is 62.8. The fourth-order valence-corrected chi connectivity index (χ4v) is 15.5. The molecular formula is C108H130B7N7O7. The lowest BCUT2D eigenvalue weighted by Crippen LogP contribution is -2.48. The molecule has 0 unspecified atom stereocenters. The van der Waals surface area contributed by atoms with E-state index in [9.17, 15) is 34.8 Å². The number of nitrogens with one attached hydrogen (secondary N) is 3. The van der Waals surface area contributed by atoms with Crippen molar-refractivity contribution in [2.24, 2.45) is 17.4 Å². The second kappa shape index (κ2) is 65.7. The van der Waals surface area contributed by atoms with Crippen molar-refractivity contribution in [2.75, 3.05) is 0 Å². The Hall–Kier alpha value is -10.8. The van der Waals surface area contributed by atoms with Crippen molar-refractivity contribution in [3.63, 3.8) is 0 Å². The number of aliphatic hydroxyl groups excluding tert-OH is 4. The molecule has 0 aliphatic rings. The van der Waals surface area contributed by atoms with Crippen molar-refractivity contribution in [3.05, 3.63) is 431 Å². The summed E-state index contributed by atoms with van der Waals surface area (Å²) in [5, 5.41) is 52.8. The minimum atomic E-state index is -0.731. The van der Waals surface area contributed by atoms with Crippen LogP contribution in [0.25, 0.3) is 0 Å². The van der Waals surface area contributed by atoms with Gasteiger partial charge >= 0.3 is 0 Å². The molecule has 12 rings (SSSR count). The number of hydrogen-bond donors (Lipinski definition) is 9. The molecule has 0 heterocycles. The minimum Gasteiger partial charge on any atom is -0.393 e. The van der Waals surface area contributed by atoms with E-state index in [4.69, 9.17) is 35.0 Å². The van der Waals surface area contributed by atoms with Crippen LogP contribution in [0.3, 0.4) is 0 Å². The standard InChI is InChI=1S/C33H35BN2O2.C32H36N2O.C20H24BNO2.C19H23BN2O2.4CH3B/c34-33(38)35-30(21-26-13-5-1-6-14-26)23-32(37)31(22-27-15-7-2-8-16-27)36(24-28-17-9-3-10-18-28)25-29-19-11-4-12-20-29;33-30(21-26-13-5-1-6-14-26)23-32(35)31(22-27-15-7-2-8-16-27)34(24-28-17-9-3-10-18-28)25-29-19-11-4-12-20-29;1-15(12-16-8-4-2-5-9-16)19(23)14-18(22-20(21)24)13-17-10-6-3-7-11-17;20-19(24)22-16(11-14-7-3-1-4-8-14)13-18(23)17(21)12-15-9-5-2-6-10-15;4*1-2/h1-20,30-32,37H,21-25H2,(H,35,38);1-20,30-32,35H,21-25,33H2;2-11,15,18-19,23H,12-14H2,1H3,(H,22,24);1-10,16-18,23H,11-13,21H2,(H,22,24);4*1H3/t2*30-,31-,32-;15-,18-,19-;16-,17-,18-;;;;/m0000..../s1. The number of benzene rings is 12. The van der Waals surface area contributed by atoms with Gasteiger partial charge in [0.1, 0.15) is 0 Å². The first-order valence-electron chi connectivity index (χ1n) is 44.5. The smallest absolute Gasteiger partial charge is 0.200 e. The quantitative estimate of drug-likeness (QED) is 0.0164. The maximum atomic E-state index is 11.9. The van der Waals surface area contributed by atoms with Gasteiger partial charge in [0, 0.05) is 68.5 Å². The Morgan fingerprint density at radius 2 is 0.442 bits per heavy atom. The number of nitrogens with zero attached hydrogens (tertiary/aromatic N) is 2. The molecule has 0 aromatic heterocycles. The summed E-state index contributed by atoms with van der Waals surface area (Å²) >= 11 is 0. The lowest BCUT2D eigenvalue weighted by molar-refractivity contribution is 0.0287. The van der Waals surface area contributed by atoms with Gasteiger partial charge in [0.15, 0.2) is 17.4 Å². The van der Waals surface area contributed by atoms with Crippen molar-refractivity contribution in [3.8, 4) is 0 Å². The van der Waals surface area contributed by atoms with Gasteiger partial charge in [-0.1, -0.05) is 398 Å². The Morgan fingerprint density at radius 1 is 0.256 bits per heavy atom. The number of amides is 3. The van der Waals surface area contributed by atoms with Crippen molar-refractivity contribution in [2.45, 2.75) is 204 Å². The Morgan fingerprint density at radius 3 is 0.682 bits per heavy atom. The van der Waals surface area contributed by atoms with Gasteiger partial charge in [-0.15, -0.1) is 0 Å². The maximum Gasteiger partial charge on any atom is 0.200 e. The predicted octanol–water partition coefficient (Wildman–Crippen LogP) is 16.9. The fourth-order valence-electron chi connectivity index (χ4n) is 15.5. The van der Waals surface area contributed by atoms with Gasteiger partial charge in [0.25, 0.3) is 0 Å². The van der Waals surface area contributed by atoms with Crippen molar-refractivity contribution in [1.29, 1.82) is 0 Å². The highest BCUT2D eigenvalue weighted by Crippen LogP contribution is 2.27. The summed E-state index contributed by atoms with van der Waals surface area (Å²) in [7, 11) is 34.1. The van der Waals surface area contributed by atoms with Gasteiger partial charge in [-0.05, 0) is 150 Å². The monoisotopic (exact) mass is 1710 g/mol. The molecule has 0 aliphatic heterocycles. The summed E-state index contributed by atoms with van der Waals surface area (Å²) < 4.78 is 0. The lowest BCUT2D eigenvalue weighted by Gasteiger charge is -2.37. The highest BCUT2D eigenvalue weighted by molar-refractivity contribution is 6.57. The van der Waals surface area contributed by atoms with Crippen LogP contribution >= 0.6 is 0 Å². The van der Waals surface area contributed by atoms with Gasteiger partial charge in [-0.2, -0.15) is 0 Å². The Balaban J connectivity index is 0.000000302. The van der Waals surface area contributed by atoms with E-state index in [2.05, 4.69) is 191 Å². The number of carbonyl (C=O) groups is 3. The maximum absolute atomic E-state index is 11.9. The molecule has 129 heavy (non-hydrogen) atoms. The second-order valence-corrected chi connectivity index (χ2v) is 31.6. The van der Waals surface area contributed by atoms with Crippen molar-refractivity contribution in [1.82, 2.24) is 25.8 Å². The van der Waals surface area contributed by atoms with E-state index in [1.54, 1.807) is 0 Å². The van der Waals surface area contributed by atoms with Crippen LogP contribution in [-0.2, 0) is 77.5 Å². The highest BCUT2D eigenvalue weighted by atomic mass is 16.3. The zero-order chi connectivity index (χ0) is 93.6. The van der Waals surface area contributed by atoms with Gasteiger partial charge in [-0.3, -0.25) is 24.2 Å². The van der Waals surface area contributed by atoms with E-state index in [1.807, 2.05) is 237 Å². The van der Waals surface area contributed by atoms with Crippen LogP contribution in [0.15, 0.2) is 364 Å². The summed E-state index contributed by atoms with van der Waals surface area (Å²) in [4.78, 5) is 39.2. The largest absolute Gasteiger partial charge is 0.393 e. The first-order valence-corrected chi connectivity index (χ1v) is 44.5. The molecule has 0 saturated heterocycles. The van der Waals surface area contributed by atoms with Crippen LogP contribution in [0.1, 0.15) is 99.4 Å². The molecule has 0 bridgehead atoms. The van der Waals surface area contributed by atoms with Gasteiger partial charge in [-0.25, -0.2) is 0 Å². The Kier molecular flexibility index (Phi) is 55.4. The van der Waals surface area contributed by atoms with Crippen LogP contribution in [0.4, 0.5) is 14.4 Å². The molecule has 12 aromatic rings. The van der Waals surface area contributed by atoms with Crippen LogP contribution < -0.4 is 27.4 Å².